The Morgan fingerprint density at radius 2 is 1.02 bits per heavy atom. The Hall–Kier alpha value is -6.40. The van der Waals surface area contributed by atoms with E-state index in [1.54, 1.807) is 11.3 Å². The van der Waals surface area contributed by atoms with Gasteiger partial charge in [0, 0.05) is 57.4 Å². The third-order valence-electron chi connectivity index (χ3n) is 10.8. The lowest BCUT2D eigenvalue weighted by molar-refractivity contribution is 1.02. The zero-order valence-electron chi connectivity index (χ0n) is 28.2. The fourth-order valence-corrected chi connectivity index (χ4v) is 10.9. The molecule has 0 atom stereocenters. The molecule has 3 nitrogen and oxygen atoms in total. The molecule has 246 valence electrons. The van der Waals surface area contributed by atoms with Crippen molar-refractivity contribution in [2.24, 2.45) is 0 Å². The van der Waals surface area contributed by atoms with Crippen LogP contribution in [0.5, 0.6) is 0 Å². The van der Waals surface area contributed by atoms with Crippen molar-refractivity contribution in [3.63, 3.8) is 0 Å². The summed E-state index contributed by atoms with van der Waals surface area (Å²) in [7, 11) is 0. The highest BCUT2D eigenvalue weighted by molar-refractivity contribution is 7.27. The van der Waals surface area contributed by atoms with Gasteiger partial charge in [0.05, 0.1) is 16.7 Å². The van der Waals surface area contributed by atoms with Crippen LogP contribution < -0.4 is 0 Å². The summed E-state index contributed by atoms with van der Waals surface area (Å²) < 4.78 is 6.15. The lowest BCUT2D eigenvalue weighted by Crippen LogP contribution is -2.03. The van der Waals surface area contributed by atoms with Gasteiger partial charge in [0.25, 0.3) is 0 Å². The third kappa shape index (κ3) is 4.15. The molecular weight excluding hydrogens is 683 g/mol. The molecular formula is C48H27N3S2. The van der Waals surface area contributed by atoms with Crippen molar-refractivity contribution in [3.05, 3.63) is 164 Å². The largest absolute Gasteiger partial charge is 0.277 e. The second kappa shape index (κ2) is 11.1. The van der Waals surface area contributed by atoms with Gasteiger partial charge < -0.3 is 0 Å². The van der Waals surface area contributed by atoms with Crippen molar-refractivity contribution in [3.8, 4) is 28.3 Å². The lowest BCUT2D eigenvalue weighted by Gasteiger charge is -2.13. The number of nitrogens with zero attached hydrogens (tertiary/aromatic N) is 3. The Morgan fingerprint density at radius 1 is 0.415 bits per heavy atom. The molecule has 0 aliphatic carbocycles. The predicted molar refractivity (Wildman–Crippen MR) is 228 cm³/mol. The first-order valence-electron chi connectivity index (χ1n) is 17.8. The monoisotopic (exact) mass is 709 g/mol. The van der Waals surface area contributed by atoms with Gasteiger partial charge in [-0.05, 0) is 45.5 Å². The van der Waals surface area contributed by atoms with Crippen molar-refractivity contribution in [1.29, 1.82) is 0 Å². The third-order valence-corrected chi connectivity index (χ3v) is 13.1. The van der Waals surface area contributed by atoms with Crippen LogP contribution in [0.2, 0.25) is 0 Å². The molecule has 0 saturated carbocycles. The summed E-state index contributed by atoms with van der Waals surface area (Å²) in [4.78, 5) is 12.0. The van der Waals surface area contributed by atoms with Gasteiger partial charge in [-0.3, -0.25) is 4.57 Å². The molecule has 0 unspecified atom stereocenters. The summed E-state index contributed by atoms with van der Waals surface area (Å²) >= 11 is 3.62. The fourth-order valence-electron chi connectivity index (χ4n) is 8.53. The quantitative estimate of drug-likeness (QED) is 0.183. The van der Waals surface area contributed by atoms with Gasteiger partial charge in [-0.25, -0.2) is 9.97 Å². The van der Waals surface area contributed by atoms with E-state index in [2.05, 4.69) is 168 Å². The van der Waals surface area contributed by atoms with E-state index in [9.17, 15) is 0 Å². The zero-order valence-corrected chi connectivity index (χ0v) is 29.9. The molecule has 0 N–H and O–H groups in total. The number of benzene rings is 8. The van der Waals surface area contributed by atoms with Crippen LogP contribution in [0, 0.1) is 0 Å². The molecule has 0 aliphatic heterocycles. The van der Waals surface area contributed by atoms with E-state index in [0.29, 0.717) is 5.95 Å². The molecule has 4 aromatic heterocycles. The highest BCUT2D eigenvalue weighted by atomic mass is 32.1. The zero-order chi connectivity index (χ0) is 34.6. The summed E-state index contributed by atoms with van der Waals surface area (Å²) in [6, 6.07) is 59.2. The maximum atomic E-state index is 5.58. The summed E-state index contributed by atoms with van der Waals surface area (Å²) in [6.45, 7) is 0. The van der Waals surface area contributed by atoms with Gasteiger partial charge in [0.1, 0.15) is 4.83 Å². The topological polar surface area (TPSA) is 30.7 Å². The van der Waals surface area contributed by atoms with E-state index in [1.165, 1.54) is 73.7 Å². The minimum Gasteiger partial charge on any atom is -0.277 e. The SMILES string of the molecule is c1ccc2c(-c3ccc(-c4nc(-n5c6ccccc6c6c7sc8ccccc8c7c7ccccc7c65)nc5sc6ccccc6c45)cc3)cccc2c1. The van der Waals surface area contributed by atoms with E-state index < -0.39 is 0 Å². The van der Waals surface area contributed by atoms with Gasteiger partial charge in [0.2, 0.25) is 5.95 Å². The molecule has 12 rings (SSSR count). The molecule has 8 aromatic carbocycles. The van der Waals surface area contributed by atoms with Crippen LogP contribution in [0.1, 0.15) is 0 Å². The minimum absolute atomic E-state index is 0.689. The van der Waals surface area contributed by atoms with E-state index in [1.807, 2.05) is 11.3 Å². The Bertz CT molecular complexity index is 3450. The summed E-state index contributed by atoms with van der Waals surface area (Å²) in [5, 5.41) is 12.3. The molecule has 0 bridgehead atoms. The fraction of sp³-hybridized carbons (Fsp3) is 0. The Balaban J connectivity index is 1.18. The normalized spacial score (nSPS) is 12.2. The highest BCUT2D eigenvalue weighted by Crippen LogP contribution is 2.48. The van der Waals surface area contributed by atoms with Crippen LogP contribution in [-0.2, 0) is 0 Å². The first kappa shape index (κ1) is 29.2. The number of para-hydroxylation sites is 1. The maximum absolute atomic E-state index is 5.58. The average molecular weight is 710 g/mol. The van der Waals surface area contributed by atoms with Crippen molar-refractivity contribution in [2.45, 2.75) is 0 Å². The van der Waals surface area contributed by atoms with Crippen LogP contribution in [0.15, 0.2) is 164 Å². The van der Waals surface area contributed by atoms with Gasteiger partial charge in [-0.1, -0.05) is 146 Å². The molecule has 0 spiro atoms. The highest BCUT2D eigenvalue weighted by Gasteiger charge is 2.24. The predicted octanol–water partition coefficient (Wildman–Crippen LogP) is 13.9. The second-order valence-corrected chi connectivity index (χ2v) is 15.8. The first-order valence-corrected chi connectivity index (χ1v) is 19.5. The van der Waals surface area contributed by atoms with Crippen LogP contribution in [0.3, 0.4) is 0 Å². The Morgan fingerprint density at radius 3 is 1.83 bits per heavy atom. The smallest absolute Gasteiger partial charge is 0.236 e. The van der Waals surface area contributed by atoms with Gasteiger partial charge >= 0.3 is 0 Å². The van der Waals surface area contributed by atoms with E-state index >= 15 is 0 Å². The Kier molecular flexibility index (Phi) is 6.09. The van der Waals surface area contributed by atoms with E-state index in [-0.39, 0.29) is 0 Å². The second-order valence-electron chi connectivity index (χ2n) is 13.7. The van der Waals surface area contributed by atoms with Crippen LogP contribution >= 0.6 is 22.7 Å². The molecule has 0 aliphatic rings. The molecule has 0 amide bonds. The molecule has 0 fully saturated rings. The molecule has 0 saturated heterocycles. The number of fused-ring (bicyclic) bond motifs is 14. The summed E-state index contributed by atoms with van der Waals surface area (Å²) in [6.07, 6.45) is 0. The van der Waals surface area contributed by atoms with Gasteiger partial charge in [-0.15, -0.1) is 22.7 Å². The average Bonchev–Trinajstić information content (AvgIpc) is 3.90. The van der Waals surface area contributed by atoms with Gasteiger partial charge in [-0.2, -0.15) is 0 Å². The van der Waals surface area contributed by atoms with Gasteiger partial charge in [0.15, 0.2) is 0 Å². The number of thiophene rings is 2. The number of rotatable bonds is 3. The van der Waals surface area contributed by atoms with E-state index in [4.69, 9.17) is 9.97 Å². The lowest BCUT2D eigenvalue weighted by atomic mass is 9.96. The van der Waals surface area contributed by atoms with Crippen molar-refractivity contribution >= 4 is 106 Å². The molecule has 5 heteroatoms. The maximum Gasteiger partial charge on any atom is 0.236 e. The number of hydrogen-bond donors (Lipinski definition) is 0. The van der Waals surface area contributed by atoms with Crippen molar-refractivity contribution < 1.29 is 0 Å². The summed E-state index contributed by atoms with van der Waals surface area (Å²) in [5.41, 5.74) is 6.70. The molecule has 12 aromatic rings. The van der Waals surface area contributed by atoms with Crippen molar-refractivity contribution in [2.75, 3.05) is 0 Å². The molecule has 0 radical (unpaired) electrons. The molecule has 4 heterocycles. The Labute approximate surface area is 311 Å². The number of aromatic nitrogens is 3. The van der Waals surface area contributed by atoms with Crippen LogP contribution in [0.4, 0.5) is 0 Å². The van der Waals surface area contributed by atoms with Crippen LogP contribution in [-0.4, -0.2) is 14.5 Å². The number of hydrogen-bond acceptors (Lipinski definition) is 4. The minimum atomic E-state index is 0.689. The van der Waals surface area contributed by atoms with E-state index in [0.717, 1.165) is 32.5 Å². The first-order chi connectivity index (χ1) is 26.3. The molecule has 53 heavy (non-hydrogen) atoms. The standard InChI is InChI=1S/C48H27N3S2/c1-2-14-31-28(12-1)13-11-20-32(31)29-24-26-30(27-25-29)44-42-37-19-7-10-23-40(37)53-47(42)50-48(49-44)51-38-21-8-5-17-35(38)43-45(51)34-16-4-3-15-33(34)41-36-18-6-9-22-39(36)52-46(41)43/h1-27H. The summed E-state index contributed by atoms with van der Waals surface area (Å²) in [5.74, 6) is 0.689. The van der Waals surface area contributed by atoms with Crippen LogP contribution in [0.25, 0.3) is 112 Å². The van der Waals surface area contributed by atoms with Crippen molar-refractivity contribution in [1.82, 2.24) is 14.5 Å².